The number of ether oxygens (including phenoxy) is 1. The van der Waals surface area contributed by atoms with E-state index in [1.807, 2.05) is 0 Å². The molecule has 1 unspecified atom stereocenters. The van der Waals surface area contributed by atoms with Gasteiger partial charge in [0.2, 0.25) is 10.0 Å². The number of hydrogen-bond acceptors (Lipinski definition) is 5. The Labute approximate surface area is 137 Å². The van der Waals surface area contributed by atoms with Crippen molar-refractivity contribution in [3.8, 4) is 0 Å². The second kappa shape index (κ2) is 9.41. The largest absolute Gasteiger partial charge is 0.368 e. The molecule has 1 amide bonds. The van der Waals surface area contributed by atoms with Crippen LogP contribution in [0.25, 0.3) is 0 Å². The first-order chi connectivity index (χ1) is 10.9. The Morgan fingerprint density at radius 1 is 1.48 bits per heavy atom. The Morgan fingerprint density at radius 2 is 2.22 bits per heavy atom. The predicted molar refractivity (Wildman–Crippen MR) is 89.5 cm³/mol. The number of rotatable bonds is 10. The summed E-state index contributed by atoms with van der Waals surface area (Å²) < 4.78 is 31.8. The molecule has 0 saturated heterocycles. The van der Waals surface area contributed by atoms with Gasteiger partial charge in [-0.3, -0.25) is 4.79 Å². The van der Waals surface area contributed by atoms with E-state index in [-0.39, 0.29) is 23.9 Å². The molecule has 0 bridgehead atoms. The van der Waals surface area contributed by atoms with Gasteiger partial charge in [-0.1, -0.05) is 12.1 Å². The third-order valence-electron chi connectivity index (χ3n) is 2.91. The van der Waals surface area contributed by atoms with Gasteiger partial charge in [0.25, 0.3) is 5.91 Å². The van der Waals surface area contributed by atoms with Gasteiger partial charge in [0, 0.05) is 18.8 Å². The Balaban J connectivity index is 2.73. The molecule has 1 rings (SSSR count). The first-order valence-corrected chi connectivity index (χ1v) is 8.72. The smallest absolute Gasteiger partial charge is 0.253 e. The molecule has 0 aliphatic carbocycles. The van der Waals surface area contributed by atoms with Crippen LogP contribution < -0.4 is 15.8 Å². The van der Waals surface area contributed by atoms with E-state index in [4.69, 9.17) is 10.5 Å². The van der Waals surface area contributed by atoms with Crippen molar-refractivity contribution in [2.24, 2.45) is 5.73 Å². The van der Waals surface area contributed by atoms with Crippen molar-refractivity contribution in [1.82, 2.24) is 4.72 Å². The number of nitrogens with two attached hydrogens (primary N) is 1. The van der Waals surface area contributed by atoms with E-state index in [1.165, 1.54) is 12.1 Å². The van der Waals surface area contributed by atoms with Crippen LogP contribution in [0.5, 0.6) is 0 Å². The van der Waals surface area contributed by atoms with E-state index < -0.39 is 16.1 Å². The zero-order chi connectivity index (χ0) is 17.3. The fourth-order valence-corrected chi connectivity index (χ4v) is 2.76. The first kappa shape index (κ1) is 19.3. The summed E-state index contributed by atoms with van der Waals surface area (Å²) in [5, 5.41) is 2.63. The van der Waals surface area contributed by atoms with Crippen LogP contribution >= 0.6 is 0 Å². The Hall–Kier alpha value is -1.74. The molecule has 1 aromatic rings. The molecule has 4 N–H and O–H groups in total. The maximum atomic E-state index is 12.0. The molecular weight excluding hydrogens is 318 g/mol. The Morgan fingerprint density at radius 3 is 2.87 bits per heavy atom. The number of nitrogens with one attached hydrogen (secondary N) is 2. The zero-order valence-corrected chi connectivity index (χ0v) is 13.9. The van der Waals surface area contributed by atoms with Crippen LogP contribution in [0, 0.1) is 0 Å². The van der Waals surface area contributed by atoms with Crippen LogP contribution in [0.15, 0.2) is 41.8 Å². The molecular formula is C15H23N3O4S. The molecule has 0 radical (unpaired) electrons. The number of sulfonamides is 1. The van der Waals surface area contributed by atoms with E-state index in [0.29, 0.717) is 18.7 Å². The summed E-state index contributed by atoms with van der Waals surface area (Å²) in [5.41, 5.74) is 5.67. The molecule has 1 aromatic carbocycles. The van der Waals surface area contributed by atoms with Crippen molar-refractivity contribution in [3.05, 3.63) is 36.9 Å². The summed E-state index contributed by atoms with van der Waals surface area (Å²) in [5.74, 6) is -0.349. The van der Waals surface area contributed by atoms with Gasteiger partial charge in [-0.15, -0.1) is 6.58 Å². The predicted octanol–water partition coefficient (Wildman–Crippen LogP) is 0.843. The highest BCUT2D eigenvalue weighted by molar-refractivity contribution is 7.89. The SMILES string of the molecule is C=CCCOC(C)C(=O)Nc1cccc(S(=O)(=O)NCCN)c1. The third kappa shape index (κ3) is 6.49. The maximum Gasteiger partial charge on any atom is 0.253 e. The molecule has 0 spiro atoms. The summed E-state index contributed by atoms with van der Waals surface area (Å²) >= 11 is 0. The summed E-state index contributed by atoms with van der Waals surface area (Å²) in [7, 11) is -3.64. The highest BCUT2D eigenvalue weighted by atomic mass is 32.2. The van der Waals surface area contributed by atoms with Crippen LogP contribution in [0.1, 0.15) is 13.3 Å². The molecule has 1 atom stereocenters. The van der Waals surface area contributed by atoms with Crippen molar-refractivity contribution in [1.29, 1.82) is 0 Å². The summed E-state index contributed by atoms with van der Waals surface area (Å²) in [4.78, 5) is 12.1. The first-order valence-electron chi connectivity index (χ1n) is 7.24. The minimum atomic E-state index is -3.64. The molecule has 0 fully saturated rings. The molecule has 23 heavy (non-hydrogen) atoms. The lowest BCUT2D eigenvalue weighted by atomic mass is 10.3. The lowest BCUT2D eigenvalue weighted by molar-refractivity contribution is -0.126. The van der Waals surface area contributed by atoms with Crippen molar-refractivity contribution < 1.29 is 17.9 Å². The molecule has 0 aliphatic rings. The Bertz CT molecular complexity index is 631. The van der Waals surface area contributed by atoms with Crippen LogP contribution in [0.3, 0.4) is 0 Å². The lowest BCUT2D eigenvalue weighted by Crippen LogP contribution is -2.30. The number of hydrogen-bond donors (Lipinski definition) is 3. The summed E-state index contributed by atoms with van der Waals surface area (Å²) in [6, 6.07) is 5.98. The summed E-state index contributed by atoms with van der Waals surface area (Å²) in [6.45, 7) is 5.95. The molecule has 0 heterocycles. The molecule has 0 saturated carbocycles. The number of anilines is 1. The monoisotopic (exact) mass is 341 g/mol. The number of benzene rings is 1. The average Bonchev–Trinajstić information content (AvgIpc) is 2.53. The van der Waals surface area contributed by atoms with Gasteiger partial charge in [0.05, 0.1) is 11.5 Å². The van der Waals surface area contributed by atoms with Crippen molar-refractivity contribution >= 4 is 21.6 Å². The average molecular weight is 341 g/mol. The van der Waals surface area contributed by atoms with E-state index in [1.54, 1.807) is 25.1 Å². The standard InChI is InChI=1S/C15H23N3O4S/c1-3-4-10-22-12(2)15(19)18-13-6-5-7-14(11-13)23(20,21)17-9-8-16/h3,5-7,11-12,17H,1,4,8-10,16H2,2H3,(H,18,19). The normalized spacial score (nSPS) is 12.6. The van der Waals surface area contributed by atoms with E-state index in [0.717, 1.165) is 0 Å². The minimum Gasteiger partial charge on any atom is -0.368 e. The Kier molecular flexibility index (Phi) is 7.90. The second-order valence-corrected chi connectivity index (χ2v) is 6.56. The topological polar surface area (TPSA) is 111 Å². The van der Waals surface area contributed by atoms with E-state index >= 15 is 0 Å². The van der Waals surface area contributed by atoms with Crippen molar-refractivity contribution in [3.63, 3.8) is 0 Å². The van der Waals surface area contributed by atoms with Gasteiger partial charge in [0.1, 0.15) is 6.10 Å². The summed E-state index contributed by atoms with van der Waals surface area (Å²) in [6.07, 6.45) is 1.71. The van der Waals surface area contributed by atoms with Gasteiger partial charge in [0.15, 0.2) is 0 Å². The highest BCUT2D eigenvalue weighted by Gasteiger charge is 2.16. The third-order valence-corrected chi connectivity index (χ3v) is 4.37. The van der Waals surface area contributed by atoms with Crippen LogP contribution in [0.4, 0.5) is 5.69 Å². The molecule has 0 aromatic heterocycles. The van der Waals surface area contributed by atoms with Crippen molar-refractivity contribution in [2.45, 2.75) is 24.3 Å². The second-order valence-electron chi connectivity index (χ2n) is 4.79. The lowest BCUT2D eigenvalue weighted by Gasteiger charge is -2.13. The quantitative estimate of drug-likeness (QED) is 0.431. The maximum absolute atomic E-state index is 12.0. The van der Waals surface area contributed by atoms with Gasteiger partial charge in [-0.25, -0.2) is 13.1 Å². The van der Waals surface area contributed by atoms with Gasteiger partial charge in [-0.05, 0) is 31.5 Å². The molecule has 8 heteroatoms. The highest BCUT2D eigenvalue weighted by Crippen LogP contribution is 2.15. The van der Waals surface area contributed by atoms with E-state index in [2.05, 4.69) is 16.6 Å². The van der Waals surface area contributed by atoms with Crippen LogP contribution in [0.2, 0.25) is 0 Å². The van der Waals surface area contributed by atoms with Gasteiger partial charge >= 0.3 is 0 Å². The van der Waals surface area contributed by atoms with Gasteiger partial charge < -0.3 is 15.8 Å². The minimum absolute atomic E-state index is 0.0592. The zero-order valence-electron chi connectivity index (χ0n) is 13.1. The van der Waals surface area contributed by atoms with Crippen molar-refractivity contribution in [2.75, 3.05) is 25.0 Å². The van der Waals surface area contributed by atoms with Crippen LogP contribution in [-0.4, -0.2) is 40.1 Å². The number of carbonyl (C=O) groups is 1. The van der Waals surface area contributed by atoms with E-state index in [9.17, 15) is 13.2 Å². The fourth-order valence-electron chi connectivity index (χ4n) is 1.67. The molecule has 0 aliphatic heterocycles. The number of carbonyl (C=O) groups excluding carboxylic acids is 1. The van der Waals surface area contributed by atoms with Crippen LogP contribution in [-0.2, 0) is 19.6 Å². The van der Waals surface area contributed by atoms with Gasteiger partial charge in [-0.2, -0.15) is 0 Å². The molecule has 7 nitrogen and oxygen atoms in total. The molecule has 128 valence electrons. The fraction of sp³-hybridized carbons (Fsp3) is 0.400. The number of amides is 1.